The van der Waals surface area contributed by atoms with Crippen molar-refractivity contribution in [1.82, 2.24) is 5.32 Å². The molecule has 10 heteroatoms. The molecule has 0 spiro atoms. The van der Waals surface area contributed by atoms with E-state index >= 15 is 0 Å². The smallest absolute Gasteiger partial charge is 0.456 e. The highest BCUT2D eigenvalue weighted by Gasteiger charge is 2.30. The maximum atomic E-state index is 13.4. The molecule has 3 atom stereocenters. The second-order valence-electron chi connectivity index (χ2n) is 19.4. The molecular formula is C55H104N2O7P+. The van der Waals surface area contributed by atoms with Crippen LogP contribution in [0.5, 0.6) is 0 Å². The first-order valence-corrected chi connectivity index (χ1v) is 28.5. The van der Waals surface area contributed by atoms with Crippen LogP contribution in [-0.2, 0) is 27.9 Å². The number of unbranched alkanes of at least 4 members (excludes halogenated alkanes) is 26. The number of hydrogen-bond acceptors (Lipinski definition) is 6. The molecule has 0 aromatic rings. The standard InChI is InChI=1S/C55H103N2O7P/c1-7-10-13-16-19-22-25-28-30-33-36-39-42-45-48-55(59)64-53(46-43-40-37-34-31-27-24-21-18-15-12-9-3)52(51-63-65(60,61)62-50-49-57(4,5)6)56-54(58)47-44-41-38-35-32-29-26-23-20-17-14-11-8-2/h10,13,19,22,28,30,43,46,52-53H,7-9,11-12,14-18,20-21,23-27,29,31-42,44-45,47-51H2,1-6H3,(H-,56,58,60,61)/p+1/b13-10+,22-19+,30-28+,46-43+. The number of amides is 1. The van der Waals surface area contributed by atoms with E-state index in [1.807, 2.05) is 33.3 Å². The Morgan fingerprint density at radius 2 is 0.985 bits per heavy atom. The minimum Gasteiger partial charge on any atom is -0.456 e. The van der Waals surface area contributed by atoms with E-state index in [9.17, 15) is 19.0 Å². The number of hydrogen-bond donors (Lipinski definition) is 2. The molecule has 0 rings (SSSR count). The van der Waals surface area contributed by atoms with Crippen molar-refractivity contribution in [2.75, 3.05) is 40.9 Å². The van der Waals surface area contributed by atoms with Crippen molar-refractivity contribution in [3.05, 3.63) is 48.6 Å². The van der Waals surface area contributed by atoms with Crippen molar-refractivity contribution in [3.8, 4) is 0 Å². The van der Waals surface area contributed by atoms with Gasteiger partial charge in [0.2, 0.25) is 5.91 Å². The van der Waals surface area contributed by atoms with Crippen LogP contribution < -0.4 is 5.32 Å². The second kappa shape index (κ2) is 45.7. The number of nitrogens with one attached hydrogen (secondary N) is 1. The summed E-state index contributed by atoms with van der Waals surface area (Å²) in [7, 11) is 1.48. The van der Waals surface area contributed by atoms with E-state index in [1.165, 1.54) is 116 Å². The maximum Gasteiger partial charge on any atom is 0.472 e. The first-order valence-electron chi connectivity index (χ1n) is 27.0. The lowest BCUT2D eigenvalue weighted by Crippen LogP contribution is -2.47. The molecule has 0 saturated carbocycles. The van der Waals surface area contributed by atoms with Crippen molar-refractivity contribution in [2.45, 2.75) is 251 Å². The van der Waals surface area contributed by atoms with Crippen molar-refractivity contribution in [1.29, 1.82) is 0 Å². The van der Waals surface area contributed by atoms with Crippen LogP contribution in [0, 0.1) is 0 Å². The molecule has 0 aliphatic heterocycles. The third kappa shape index (κ3) is 46.9. The number of rotatable bonds is 48. The normalized spacial score (nSPS) is 14.3. The van der Waals surface area contributed by atoms with Gasteiger partial charge in [-0.15, -0.1) is 0 Å². The van der Waals surface area contributed by atoms with Crippen LogP contribution in [0.4, 0.5) is 0 Å². The fourth-order valence-corrected chi connectivity index (χ4v) is 8.34. The third-order valence-electron chi connectivity index (χ3n) is 11.8. The molecular weight excluding hydrogens is 832 g/mol. The van der Waals surface area contributed by atoms with Crippen LogP contribution in [0.2, 0.25) is 0 Å². The van der Waals surface area contributed by atoms with Crippen LogP contribution in [0.15, 0.2) is 48.6 Å². The number of carbonyl (C=O) groups excluding carboxylic acids is 2. The van der Waals surface area contributed by atoms with E-state index in [-0.39, 0.29) is 31.5 Å². The molecule has 0 saturated heterocycles. The molecule has 9 nitrogen and oxygen atoms in total. The van der Waals surface area contributed by atoms with Gasteiger partial charge in [0.05, 0.1) is 33.8 Å². The van der Waals surface area contributed by atoms with Crippen molar-refractivity contribution < 1.29 is 37.3 Å². The number of ether oxygens (including phenoxy) is 1. The average molecular weight is 936 g/mol. The van der Waals surface area contributed by atoms with Crippen molar-refractivity contribution >= 4 is 19.7 Å². The van der Waals surface area contributed by atoms with E-state index < -0.39 is 20.0 Å². The van der Waals surface area contributed by atoms with E-state index in [0.717, 1.165) is 83.5 Å². The minimum absolute atomic E-state index is 0.0371. The lowest BCUT2D eigenvalue weighted by molar-refractivity contribution is -0.870. The highest BCUT2D eigenvalue weighted by atomic mass is 31.2. The summed E-state index contributed by atoms with van der Waals surface area (Å²) in [4.78, 5) is 37.4. The number of esters is 1. The average Bonchev–Trinajstić information content (AvgIpc) is 3.26. The Bertz CT molecular complexity index is 1260. The quantitative estimate of drug-likeness (QED) is 0.0205. The fraction of sp³-hybridized carbons (Fsp3) is 0.818. The molecule has 0 aromatic carbocycles. The molecule has 3 unspecified atom stereocenters. The van der Waals surface area contributed by atoms with Crippen LogP contribution in [0.1, 0.15) is 239 Å². The van der Waals surface area contributed by atoms with E-state index in [1.54, 1.807) is 0 Å². The topological polar surface area (TPSA) is 111 Å². The van der Waals surface area contributed by atoms with Gasteiger partial charge in [0, 0.05) is 12.8 Å². The summed E-state index contributed by atoms with van der Waals surface area (Å²) in [6, 6.07) is -0.853. The SMILES string of the molecule is CC/C=C/C/C=C/C/C=C/CCCCCCC(=O)OC(/C=C/CCCCCCCCCCCC)C(COP(=O)(O)OCC[N+](C)(C)C)NC(=O)CCCCCCCCCCCCCCC. The molecule has 380 valence electrons. The van der Waals surface area contributed by atoms with Crippen LogP contribution in [0.25, 0.3) is 0 Å². The Hall–Kier alpha value is -2.03. The number of allylic oxidation sites excluding steroid dienone is 7. The van der Waals surface area contributed by atoms with E-state index in [4.69, 9.17) is 13.8 Å². The molecule has 0 heterocycles. The van der Waals surface area contributed by atoms with Crippen molar-refractivity contribution in [2.24, 2.45) is 0 Å². The van der Waals surface area contributed by atoms with Gasteiger partial charge in [0.25, 0.3) is 0 Å². The summed E-state index contributed by atoms with van der Waals surface area (Å²) >= 11 is 0. The third-order valence-corrected chi connectivity index (χ3v) is 12.8. The van der Waals surface area contributed by atoms with Crippen molar-refractivity contribution in [3.63, 3.8) is 0 Å². The lowest BCUT2D eigenvalue weighted by atomic mass is 10.0. The van der Waals surface area contributed by atoms with Gasteiger partial charge in [-0.05, 0) is 63.9 Å². The molecule has 0 aliphatic carbocycles. The lowest BCUT2D eigenvalue weighted by Gasteiger charge is -2.27. The summed E-state index contributed by atoms with van der Waals surface area (Å²) in [6.07, 6.45) is 53.8. The second-order valence-corrected chi connectivity index (χ2v) is 20.8. The number of nitrogens with zero attached hydrogens (tertiary/aromatic N) is 1. The molecule has 65 heavy (non-hydrogen) atoms. The molecule has 2 N–H and O–H groups in total. The zero-order chi connectivity index (χ0) is 48.0. The largest absolute Gasteiger partial charge is 0.472 e. The molecule has 0 radical (unpaired) electrons. The zero-order valence-electron chi connectivity index (χ0n) is 43.2. The predicted molar refractivity (Wildman–Crippen MR) is 277 cm³/mol. The monoisotopic (exact) mass is 936 g/mol. The minimum atomic E-state index is -4.44. The van der Waals surface area contributed by atoms with Crippen LogP contribution >= 0.6 is 7.82 Å². The van der Waals surface area contributed by atoms with E-state index in [2.05, 4.69) is 62.5 Å². The zero-order valence-corrected chi connectivity index (χ0v) is 44.1. The number of quaternary nitrogens is 1. The Kier molecular flexibility index (Phi) is 44.3. The predicted octanol–water partition coefficient (Wildman–Crippen LogP) is 15.8. The van der Waals surface area contributed by atoms with Gasteiger partial charge >= 0.3 is 13.8 Å². The van der Waals surface area contributed by atoms with Crippen LogP contribution in [0.3, 0.4) is 0 Å². The van der Waals surface area contributed by atoms with E-state index in [0.29, 0.717) is 23.9 Å². The van der Waals surface area contributed by atoms with Gasteiger partial charge < -0.3 is 19.4 Å². The molecule has 0 bridgehead atoms. The van der Waals surface area contributed by atoms with Gasteiger partial charge in [-0.1, -0.05) is 211 Å². The molecule has 0 fully saturated rings. The number of phosphoric acid groups is 1. The summed E-state index contributed by atoms with van der Waals surface area (Å²) in [5, 5.41) is 3.04. The summed E-state index contributed by atoms with van der Waals surface area (Å²) < 4.78 is 30.5. The Labute approximate surface area is 401 Å². The van der Waals surface area contributed by atoms with Gasteiger partial charge in [0.1, 0.15) is 19.3 Å². The van der Waals surface area contributed by atoms with Gasteiger partial charge in [-0.3, -0.25) is 18.6 Å². The number of likely N-dealkylation sites (N-methyl/N-ethyl adjacent to an activating group) is 1. The molecule has 1 amide bonds. The summed E-state index contributed by atoms with van der Waals surface area (Å²) in [6.45, 7) is 6.88. The number of phosphoric ester groups is 1. The fourth-order valence-electron chi connectivity index (χ4n) is 7.60. The summed E-state index contributed by atoms with van der Waals surface area (Å²) in [5.74, 6) is -0.528. The first-order chi connectivity index (χ1) is 31.4. The highest BCUT2D eigenvalue weighted by Crippen LogP contribution is 2.43. The Morgan fingerprint density at radius 1 is 0.554 bits per heavy atom. The highest BCUT2D eigenvalue weighted by molar-refractivity contribution is 7.47. The maximum absolute atomic E-state index is 13.4. The number of carbonyl (C=O) groups is 2. The Balaban J connectivity index is 5.44. The van der Waals surface area contributed by atoms with Gasteiger partial charge in [-0.25, -0.2) is 4.57 Å². The summed E-state index contributed by atoms with van der Waals surface area (Å²) in [5.41, 5.74) is 0. The van der Waals surface area contributed by atoms with Gasteiger partial charge in [0.15, 0.2) is 0 Å². The first kappa shape index (κ1) is 63.0. The molecule has 0 aromatic heterocycles. The van der Waals surface area contributed by atoms with Gasteiger partial charge in [-0.2, -0.15) is 0 Å². The van der Waals surface area contributed by atoms with Crippen LogP contribution in [-0.4, -0.2) is 74.3 Å². The Morgan fingerprint density at radius 3 is 1.48 bits per heavy atom. The molecule has 0 aliphatic rings.